The van der Waals surface area contributed by atoms with Crippen molar-refractivity contribution in [2.24, 2.45) is 4.99 Å². The molecule has 0 radical (unpaired) electrons. The third-order valence-corrected chi connectivity index (χ3v) is 4.15. The van der Waals surface area contributed by atoms with E-state index in [4.69, 9.17) is 6.42 Å². The van der Waals surface area contributed by atoms with E-state index in [0.717, 1.165) is 11.3 Å². The molecule has 3 rings (SSSR count). The summed E-state index contributed by atoms with van der Waals surface area (Å²) in [6, 6.07) is 4.41. The molecule has 1 amide bonds. The molecule has 9 heteroatoms. The Balaban J connectivity index is 2.18. The minimum absolute atomic E-state index is 0.0385. The van der Waals surface area contributed by atoms with Crippen molar-refractivity contribution in [3.05, 3.63) is 57.4 Å². The average molecular weight is 339 g/mol. The Hall–Kier alpha value is -3.38. The van der Waals surface area contributed by atoms with Gasteiger partial charge in [-0.1, -0.05) is 17.3 Å². The number of non-ortho nitro benzene ring substituents is 1. The topological polar surface area (TPSA) is 103 Å². The third kappa shape index (κ3) is 2.90. The first kappa shape index (κ1) is 15.5. The number of carbonyl (C=O) groups excluding carboxylic acids is 1. The summed E-state index contributed by atoms with van der Waals surface area (Å²) >= 11 is 1.15. The number of benzene rings is 1. The van der Waals surface area contributed by atoms with Gasteiger partial charge in [-0.25, -0.2) is 4.98 Å². The van der Waals surface area contributed by atoms with Gasteiger partial charge in [0.25, 0.3) is 11.6 Å². The molecule has 0 saturated heterocycles. The molecule has 0 aliphatic heterocycles. The second-order valence-corrected chi connectivity index (χ2v) is 5.60. The van der Waals surface area contributed by atoms with Crippen molar-refractivity contribution in [3.8, 4) is 12.3 Å². The van der Waals surface area contributed by atoms with Crippen LogP contribution >= 0.6 is 11.3 Å². The Kier molecular flexibility index (Phi) is 4.13. The number of amides is 1. The lowest BCUT2D eigenvalue weighted by Gasteiger charge is -1.99. The number of hydrogen-bond acceptors (Lipinski definition) is 6. The van der Waals surface area contributed by atoms with Gasteiger partial charge in [-0.3, -0.25) is 19.9 Å². The number of aromatic nitrogens is 3. The average Bonchev–Trinajstić information content (AvgIpc) is 2.92. The molecular formula is C15H9N5O3S. The zero-order chi connectivity index (χ0) is 17.1. The van der Waals surface area contributed by atoms with Crippen molar-refractivity contribution in [1.82, 2.24) is 14.5 Å². The van der Waals surface area contributed by atoms with Crippen LogP contribution in [0, 0.1) is 22.5 Å². The molecule has 0 bridgehead atoms. The number of fused-ring (bicyclic) bond motifs is 1. The van der Waals surface area contributed by atoms with Gasteiger partial charge in [-0.05, 0) is 6.07 Å². The quantitative estimate of drug-likeness (QED) is 0.411. The van der Waals surface area contributed by atoms with Crippen LogP contribution in [-0.2, 0) is 6.54 Å². The number of terminal acetylenes is 1. The van der Waals surface area contributed by atoms with Crippen LogP contribution in [0.15, 0.2) is 41.8 Å². The van der Waals surface area contributed by atoms with Crippen LogP contribution in [0.5, 0.6) is 0 Å². The fraction of sp³-hybridized carbons (Fsp3) is 0.0667. The van der Waals surface area contributed by atoms with E-state index in [2.05, 4.69) is 20.9 Å². The van der Waals surface area contributed by atoms with Crippen LogP contribution < -0.4 is 4.80 Å². The van der Waals surface area contributed by atoms with Gasteiger partial charge in [-0.2, -0.15) is 4.99 Å². The zero-order valence-corrected chi connectivity index (χ0v) is 12.9. The van der Waals surface area contributed by atoms with E-state index in [1.807, 2.05) is 0 Å². The Morgan fingerprint density at radius 1 is 1.46 bits per heavy atom. The largest absolute Gasteiger partial charge is 0.305 e. The van der Waals surface area contributed by atoms with Crippen molar-refractivity contribution < 1.29 is 9.72 Å². The molecule has 0 atom stereocenters. The molecule has 2 aromatic heterocycles. The molecule has 2 heterocycles. The molecule has 0 saturated carbocycles. The number of carbonyl (C=O) groups is 1. The Morgan fingerprint density at radius 2 is 2.29 bits per heavy atom. The molecule has 24 heavy (non-hydrogen) atoms. The zero-order valence-electron chi connectivity index (χ0n) is 12.1. The fourth-order valence-electron chi connectivity index (χ4n) is 2.06. The summed E-state index contributed by atoms with van der Waals surface area (Å²) in [7, 11) is 0. The normalized spacial score (nSPS) is 11.4. The highest BCUT2D eigenvalue weighted by Gasteiger charge is 2.13. The van der Waals surface area contributed by atoms with Crippen molar-refractivity contribution >= 4 is 33.1 Å². The highest BCUT2D eigenvalue weighted by atomic mass is 32.1. The number of nitro groups is 1. The summed E-state index contributed by atoms with van der Waals surface area (Å²) in [6.45, 7) is 0.185. The Labute approximate surface area is 139 Å². The summed E-state index contributed by atoms with van der Waals surface area (Å²) < 4.78 is 2.27. The van der Waals surface area contributed by atoms with Crippen LogP contribution in [0.25, 0.3) is 10.2 Å². The second-order valence-electron chi connectivity index (χ2n) is 4.59. The van der Waals surface area contributed by atoms with E-state index >= 15 is 0 Å². The molecule has 0 aliphatic carbocycles. The van der Waals surface area contributed by atoms with E-state index < -0.39 is 10.8 Å². The molecule has 0 N–H and O–H groups in total. The molecular weight excluding hydrogens is 330 g/mol. The molecule has 118 valence electrons. The van der Waals surface area contributed by atoms with Gasteiger partial charge in [0.1, 0.15) is 5.69 Å². The van der Waals surface area contributed by atoms with Crippen molar-refractivity contribution in [2.75, 3.05) is 0 Å². The van der Waals surface area contributed by atoms with Gasteiger partial charge >= 0.3 is 0 Å². The molecule has 1 aromatic carbocycles. The van der Waals surface area contributed by atoms with E-state index in [0.29, 0.717) is 15.0 Å². The smallest absolute Gasteiger partial charge is 0.299 e. The van der Waals surface area contributed by atoms with E-state index in [9.17, 15) is 14.9 Å². The maximum atomic E-state index is 12.2. The minimum atomic E-state index is -0.560. The summed E-state index contributed by atoms with van der Waals surface area (Å²) in [6.07, 6.45) is 9.54. The monoisotopic (exact) mass is 339 g/mol. The van der Waals surface area contributed by atoms with Gasteiger partial charge < -0.3 is 4.57 Å². The van der Waals surface area contributed by atoms with Gasteiger partial charge in [-0.15, -0.1) is 6.42 Å². The van der Waals surface area contributed by atoms with Crippen LogP contribution in [0.4, 0.5) is 5.69 Å². The Morgan fingerprint density at radius 3 is 2.96 bits per heavy atom. The molecule has 0 fully saturated rings. The SMILES string of the molecule is C#CCn1c(=NC(=O)c2cnccn2)sc2cc([N+](=O)[O-])ccc21. The van der Waals surface area contributed by atoms with Gasteiger partial charge in [0.15, 0.2) is 4.80 Å². The number of hydrogen-bond donors (Lipinski definition) is 0. The summed E-state index contributed by atoms with van der Waals surface area (Å²) in [4.78, 5) is 34.7. The van der Waals surface area contributed by atoms with Crippen molar-refractivity contribution in [3.63, 3.8) is 0 Å². The summed E-state index contributed by atoms with van der Waals surface area (Å²) in [5.74, 6) is 1.93. The lowest BCUT2D eigenvalue weighted by molar-refractivity contribution is -0.384. The van der Waals surface area contributed by atoms with Gasteiger partial charge in [0.2, 0.25) is 0 Å². The van der Waals surface area contributed by atoms with Crippen LogP contribution in [-0.4, -0.2) is 25.4 Å². The molecule has 0 aliphatic rings. The molecule has 8 nitrogen and oxygen atoms in total. The first-order chi connectivity index (χ1) is 11.6. The van der Waals surface area contributed by atoms with Crippen LogP contribution in [0.2, 0.25) is 0 Å². The van der Waals surface area contributed by atoms with Crippen molar-refractivity contribution in [1.29, 1.82) is 0 Å². The summed E-state index contributed by atoms with van der Waals surface area (Å²) in [5, 5.41) is 10.9. The first-order valence-electron chi connectivity index (χ1n) is 6.66. The number of thiazole rings is 1. The maximum Gasteiger partial charge on any atom is 0.299 e. The van der Waals surface area contributed by atoms with E-state index in [-0.39, 0.29) is 17.9 Å². The summed E-state index contributed by atoms with van der Waals surface area (Å²) in [5.41, 5.74) is 0.742. The van der Waals surface area contributed by atoms with E-state index in [1.54, 1.807) is 10.6 Å². The molecule has 0 unspecified atom stereocenters. The predicted octanol–water partition coefficient (Wildman–Crippen LogP) is 1.78. The first-order valence-corrected chi connectivity index (χ1v) is 7.48. The third-order valence-electron chi connectivity index (χ3n) is 3.11. The number of nitrogens with zero attached hydrogens (tertiary/aromatic N) is 5. The maximum absolute atomic E-state index is 12.2. The minimum Gasteiger partial charge on any atom is -0.305 e. The lowest BCUT2D eigenvalue weighted by atomic mass is 10.3. The highest BCUT2D eigenvalue weighted by molar-refractivity contribution is 7.16. The molecule has 0 spiro atoms. The predicted molar refractivity (Wildman–Crippen MR) is 87.2 cm³/mol. The molecule has 3 aromatic rings. The standard InChI is InChI=1S/C15H9N5O3S/c1-2-7-19-12-4-3-10(20(22)23)8-13(12)24-15(19)18-14(21)11-9-16-5-6-17-11/h1,3-6,8-9H,7H2. The number of nitro benzene ring substituents is 1. The fourth-order valence-corrected chi connectivity index (χ4v) is 3.12. The van der Waals surface area contributed by atoms with Gasteiger partial charge in [0.05, 0.1) is 27.9 Å². The Bertz CT molecular complexity index is 1050. The van der Waals surface area contributed by atoms with Gasteiger partial charge in [0, 0.05) is 24.5 Å². The van der Waals surface area contributed by atoms with Crippen molar-refractivity contribution in [2.45, 2.75) is 6.54 Å². The lowest BCUT2D eigenvalue weighted by Crippen LogP contribution is -2.16. The number of rotatable bonds is 3. The van der Waals surface area contributed by atoms with Crippen LogP contribution in [0.3, 0.4) is 0 Å². The van der Waals surface area contributed by atoms with Crippen LogP contribution in [0.1, 0.15) is 10.5 Å². The highest BCUT2D eigenvalue weighted by Crippen LogP contribution is 2.23. The van der Waals surface area contributed by atoms with E-state index in [1.165, 1.54) is 30.7 Å². The second kappa shape index (κ2) is 6.39.